The minimum absolute atomic E-state index is 0.348. The number of rotatable bonds is 2. The van der Waals surface area contributed by atoms with Crippen LogP contribution in [0.25, 0.3) is 0 Å². The molecule has 0 saturated carbocycles. The van der Waals surface area contributed by atoms with Crippen molar-refractivity contribution in [3.05, 3.63) is 11.4 Å². The first kappa shape index (κ1) is 10.1. The summed E-state index contributed by atoms with van der Waals surface area (Å²) in [5.74, 6) is 0.446. The van der Waals surface area contributed by atoms with Crippen molar-refractivity contribution in [2.45, 2.75) is 25.2 Å². The van der Waals surface area contributed by atoms with Crippen LogP contribution >= 0.6 is 0 Å². The second kappa shape index (κ2) is 4.41. The lowest BCUT2D eigenvalue weighted by atomic mass is 9.94. The summed E-state index contributed by atoms with van der Waals surface area (Å²) in [5.41, 5.74) is 1.94. The molecule has 5 heteroatoms. The second-order valence-corrected chi connectivity index (χ2v) is 3.77. The van der Waals surface area contributed by atoms with Gasteiger partial charge in [-0.05, 0) is 12.8 Å². The lowest BCUT2D eigenvalue weighted by molar-refractivity contribution is 0.0835. The van der Waals surface area contributed by atoms with Crippen molar-refractivity contribution in [2.24, 2.45) is 7.05 Å². The molecule has 1 aromatic heterocycles. The van der Waals surface area contributed by atoms with Gasteiger partial charge in [0.2, 0.25) is 0 Å². The van der Waals surface area contributed by atoms with Crippen LogP contribution in [0.15, 0.2) is 0 Å². The van der Waals surface area contributed by atoms with Crippen LogP contribution in [0.2, 0.25) is 0 Å². The predicted molar refractivity (Wildman–Crippen MR) is 53.1 cm³/mol. The van der Waals surface area contributed by atoms with Gasteiger partial charge >= 0.3 is 0 Å². The van der Waals surface area contributed by atoms with Gasteiger partial charge in [0.15, 0.2) is 0 Å². The van der Waals surface area contributed by atoms with Crippen molar-refractivity contribution >= 4 is 0 Å². The first-order valence-corrected chi connectivity index (χ1v) is 5.16. The highest BCUT2D eigenvalue weighted by Crippen LogP contribution is 2.28. The third-order valence-electron chi connectivity index (χ3n) is 2.80. The maximum atomic E-state index is 8.70. The Morgan fingerprint density at radius 3 is 2.93 bits per heavy atom. The number of aromatic nitrogens is 3. The Kier molecular flexibility index (Phi) is 2.97. The van der Waals surface area contributed by atoms with Crippen molar-refractivity contribution in [2.75, 3.05) is 13.2 Å². The van der Waals surface area contributed by atoms with Crippen LogP contribution in [0.5, 0.6) is 0 Å². The summed E-state index contributed by atoms with van der Waals surface area (Å²) in [6, 6.07) is 2.13. The summed E-state index contributed by atoms with van der Waals surface area (Å²) in [4.78, 5) is 0. The van der Waals surface area contributed by atoms with Crippen molar-refractivity contribution in [1.29, 1.82) is 5.26 Å². The normalized spacial score (nSPS) is 17.6. The minimum atomic E-state index is 0.348. The Bertz CT molecular complexity index is 373. The summed E-state index contributed by atoms with van der Waals surface area (Å²) >= 11 is 0. The lowest BCUT2D eigenvalue weighted by Gasteiger charge is -2.22. The molecule has 0 radical (unpaired) electrons. The highest BCUT2D eigenvalue weighted by molar-refractivity contribution is 5.19. The maximum absolute atomic E-state index is 8.70. The van der Waals surface area contributed by atoms with Gasteiger partial charge < -0.3 is 4.74 Å². The van der Waals surface area contributed by atoms with Gasteiger partial charge in [-0.1, -0.05) is 5.21 Å². The maximum Gasteiger partial charge on any atom is 0.100 e. The smallest absolute Gasteiger partial charge is 0.100 e. The molecule has 1 aromatic rings. The van der Waals surface area contributed by atoms with E-state index in [1.165, 1.54) is 0 Å². The number of hydrogen-bond donors (Lipinski definition) is 0. The zero-order chi connectivity index (χ0) is 10.7. The van der Waals surface area contributed by atoms with Crippen LogP contribution in [0.3, 0.4) is 0 Å². The first-order chi connectivity index (χ1) is 7.33. The summed E-state index contributed by atoms with van der Waals surface area (Å²) in [6.07, 6.45) is 2.35. The molecule has 0 spiro atoms. The van der Waals surface area contributed by atoms with Crippen LogP contribution in [-0.4, -0.2) is 28.2 Å². The summed E-state index contributed by atoms with van der Waals surface area (Å²) in [6.45, 7) is 1.59. The summed E-state index contributed by atoms with van der Waals surface area (Å²) in [5, 5.41) is 16.7. The van der Waals surface area contributed by atoms with Crippen molar-refractivity contribution < 1.29 is 4.74 Å². The molecule has 15 heavy (non-hydrogen) atoms. The van der Waals surface area contributed by atoms with Gasteiger partial charge in [0.05, 0.1) is 18.2 Å². The van der Waals surface area contributed by atoms with Gasteiger partial charge in [-0.2, -0.15) is 5.26 Å². The Morgan fingerprint density at radius 1 is 1.53 bits per heavy atom. The molecule has 0 N–H and O–H groups in total. The van der Waals surface area contributed by atoms with E-state index < -0.39 is 0 Å². The molecular weight excluding hydrogens is 192 g/mol. The molecule has 0 amide bonds. The number of nitriles is 1. The predicted octanol–water partition coefficient (Wildman–Crippen LogP) is 0.775. The molecular formula is C10H14N4O. The van der Waals surface area contributed by atoms with Gasteiger partial charge in [-0.3, -0.25) is 4.68 Å². The Hall–Kier alpha value is -1.41. The molecule has 0 unspecified atom stereocenters. The van der Waals surface area contributed by atoms with E-state index in [-0.39, 0.29) is 0 Å². The van der Waals surface area contributed by atoms with Crippen LogP contribution in [-0.2, 0) is 18.2 Å². The summed E-state index contributed by atoms with van der Waals surface area (Å²) < 4.78 is 7.12. The first-order valence-electron chi connectivity index (χ1n) is 5.16. The van der Waals surface area contributed by atoms with E-state index in [1.54, 1.807) is 4.68 Å². The quantitative estimate of drug-likeness (QED) is 0.717. The molecule has 1 fully saturated rings. The van der Waals surface area contributed by atoms with E-state index in [0.717, 1.165) is 37.4 Å². The molecule has 1 aliphatic heterocycles. The van der Waals surface area contributed by atoms with E-state index in [9.17, 15) is 0 Å². The minimum Gasteiger partial charge on any atom is -0.381 e. The number of ether oxygens (including phenoxy) is 1. The molecule has 80 valence electrons. The fraction of sp³-hybridized carbons (Fsp3) is 0.700. The molecule has 1 saturated heterocycles. The van der Waals surface area contributed by atoms with Gasteiger partial charge in [-0.15, -0.1) is 5.10 Å². The van der Waals surface area contributed by atoms with E-state index in [1.807, 2.05) is 7.05 Å². The fourth-order valence-electron chi connectivity index (χ4n) is 2.08. The van der Waals surface area contributed by atoms with Gasteiger partial charge in [0.25, 0.3) is 0 Å². The third-order valence-corrected chi connectivity index (χ3v) is 2.80. The number of nitrogens with zero attached hydrogens (tertiary/aromatic N) is 4. The third kappa shape index (κ3) is 2.00. The molecule has 1 aliphatic rings. The SMILES string of the molecule is Cn1nnc(CC#N)c1C1CCOCC1. The van der Waals surface area contributed by atoms with Crippen LogP contribution in [0.4, 0.5) is 0 Å². The van der Waals surface area contributed by atoms with E-state index in [0.29, 0.717) is 12.3 Å². The highest BCUT2D eigenvalue weighted by Gasteiger charge is 2.23. The van der Waals surface area contributed by atoms with Gasteiger partial charge in [0, 0.05) is 26.2 Å². The monoisotopic (exact) mass is 206 g/mol. The molecule has 0 atom stereocenters. The van der Waals surface area contributed by atoms with E-state index in [2.05, 4.69) is 16.4 Å². The van der Waals surface area contributed by atoms with Gasteiger partial charge in [0.1, 0.15) is 5.69 Å². The highest BCUT2D eigenvalue weighted by atomic mass is 16.5. The standard InChI is InChI=1S/C10H14N4O/c1-14-10(8-3-6-15-7-4-8)9(2-5-11)12-13-14/h8H,2-4,6-7H2,1H3. The zero-order valence-corrected chi connectivity index (χ0v) is 8.81. The molecule has 2 heterocycles. The van der Waals surface area contributed by atoms with E-state index in [4.69, 9.17) is 10.00 Å². The molecule has 0 aliphatic carbocycles. The van der Waals surface area contributed by atoms with E-state index >= 15 is 0 Å². The molecule has 0 aromatic carbocycles. The van der Waals surface area contributed by atoms with Crippen molar-refractivity contribution in [3.63, 3.8) is 0 Å². The lowest BCUT2D eigenvalue weighted by Crippen LogP contribution is -2.17. The average Bonchev–Trinajstić information content (AvgIpc) is 2.62. The summed E-state index contributed by atoms with van der Waals surface area (Å²) in [7, 11) is 1.89. The topological polar surface area (TPSA) is 63.7 Å². The Labute approximate surface area is 88.6 Å². The number of hydrogen-bond acceptors (Lipinski definition) is 4. The molecule has 5 nitrogen and oxygen atoms in total. The molecule has 2 rings (SSSR count). The van der Waals surface area contributed by atoms with Gasteiger partial charge in [-0.25, -0.2) is 0 Å². The Balaban J connectivity index is 2.24. The number of aryl methyl sites for hydroxylation is 1. The fourth-order valence-corrected chi connectivity index (χ4v) is 2.08. The van der Waals surface area contributed by atoms with Crippen LogP contribution < -0.4 is 0 Å². The molecule has 0 bridgehead atoms. The second-order valence-electron chi connectivity index (χ2n) is 3.77. The Morgan fingerprint density at radius 2 is 2.27 bits per heavy atom. The van der Waals surface area contributed by atoms with Crippen molar-refractivity contribution in [3.8, 4) is 6.07 Å². The average molecular weight is 206 g/mol. The van der Waals surface area contributed by atoms with Crippen LogP contribution in [0.1, 0.15) is 30.1 Å². The zero-order valence-electron chi connectivity index (χ0n) is 8.81. The van der Waals surface area contributed by atoms with Crippen molar-refractivity contribution in [1.82, 2.24) is 15.0 Å². The largest absolute Gasteiger partial charge is 0.381 e. The van der Waals surface area contributed by atoms with Crippen LogP contribution in [0, 0.1) is 11.3 Å².